The molecule has 2 heterocycles. The van der Waals surface area contributed by atoms with Gasteiger partial charge in [0.1, 0.15) is 11.6 Å². The minimum Gasteiger partial charge on any atom is -0.321 e. The molecule has 0 bridgehead atoms. The molecule has 2 aromatic carbocycles. The molecule has 6 heteroatoms. The van der Waals surface area contributed by atoms with Crippen molar-refractivity contribution in [1.82, 2.24) is 9.38 Å². The second-order valence-electron chi connectivity index (χ2n) is 7.16. The van der Waals surface area contributed by atoms with Gasteiger partial charge >= 0.3 is 0 Å². The van der Waals surface area contributed by atoms with Crippen LogP contribution >= 0.6 is 11.3 Å². The van der Waals surface area contributed by atoms with Gasteiger partial charge < -0.3 is 5.32 Å². The fraction of sp³-hybridized carbons (Fsp3) is 0.125. The number of aromatic nitrogens is 2. The molecular weight excluding hydrogens is 392 g/mol. The summed E-state index contributed by atoms with van der Waals surface area (Å²) in [7, 11) is 0. The molecule has 30 heavy (non-hydrogen) atoms. The molecule has 0 saturated heterocycles. The molecule has 0 aliphatic heterocycles. The Morgan fingerprint density at radius 1 is 1.17 bits per heavy atom. The van der Waals surface area contributed by atoms with Crippen molar-refractivity contribution in [1.29, 1.82) is 5.26 Å². The number of aryl methyl sites for hydroxylation is 3. The lowest BCUT2D eigenvalue weighted by molar-refractivity contribution is -0.112. The number of carbonyl (C=O) groups excluding carboxylic acids is 1. The third-order valence-electron chi connectivity index (χ3n) is 4.91. The van der Waals surface area contributed by atoms with E-state index in [0.717, 1.165) is 38.6 Å². The Morgan fingerprint density at radius 3 is 2.53 bits per heavy atom. The second-order valence-corrected chi connectivity index (χ2v) is 8.04. The van der Waals surface area contributed by atoms with Crippen molar-refractivity contribution in [2.45, 2.75) is 20.8 Å². The molecular formula is C24H20N4OS. The number of nitrogens with zero attached hydrogens (tertiary/aromatic N) is 3. The topological polar surface area (TPSA) is 70.2 Å². The lowest BCUT2D eigenvalue weighted by atomic mass is 10.0. The largest absolute Gasteiger partial charge is 0.321 e. The summed E-state index contributed by atoms with van der Waals surface area (Å²) >= 11 is 1.51. The first-order valence-electron chi connectivity index (χ1n) is 9.50. The molecule has 1 amide bonds. The van der Waals surface area contributed by atoms with E-state index >= 15 is 0 Å². The van der Waals surface area contributed by atoms with Gasteiger partial charge in [-0.2, -0.15) is 5.26 Å². The van der Waals surface area contributed by atoms with Crippen LogP contribution in [0, 0.1) is 32.1 Å². The predicted molar refractivity (Wildman–Crippen MR) is 121 cm³/mol. The standard InChI is InChI=1S/C24H20N4OS/c1-15-11-16(2)21(17(3)12-15)26-23(29)19(14-25)13-20-22(18-7-5-4-6-8-18)27-24-28(20)9-10-30-24/h4-13H,1-3H3,(H,26,29)/b19-13+. The van der Waals surface area contributed by atoms with Crippen LogP contribution in [-0.4, -0.2) is 15.3 Å². The Bertz CT molecular complexity index is 1300. The highest BCUT2D eigenvalue weighted by Crippen LogP contribution is 2.29. The van der Waals surface area contributed by atoms with Crippen LogP contribution in [-0.2, 0) is 4.79 Å². The Hall–Kier alpha value is -3.69. The number of nitriles is 1. The van der Waals surface area contributed by atoms with Gasteiger partial charge in [-0.25, -0.2) is 4.98 Å². The van der Waals surface area contributed by atoms with E-state index in [0.29, 0.717) is 5.69 Å². The van der Waals surface area contributed by atoms with Crippen LogP contribution in [0.3, 0.4) is 0 Å². The van der Waals surface area contributed by atoms with Gasteiger partial charge in [0, 0.05) is 22.8 Å². The highest BCUT2D eigenvalue weighted by molar-refractivity contribution is 7.15. The molecule has 0 saturated carbocycles. The van der Waals surface area contributed by atoms with Crippen molar-refractivity contribution >= 4 is 34.0 Å². The Kier molecular flexibility index (Phi) is 5.21. The number of hydrogen-bond acceptors (Lipinski definition) is 4. The highest BCUT2D eigenvalue weighted by Gasteiger charge is 2.18. The fourth-order valence-corrected chi connectivity index (χ4v) is 4.31. The molecule has 4 rings (SSSR count). The normalized spacial score (nSPS) is 11.5. The minimum atomic E-state index is -0.434. The van der Waals surface area contributed by atoms with Crippen molar-refractivity contribution < 1.29 is 4.79 Å². The Labute approximate surface area is 178 Å². The van der Waals surface area contributed by atoms with E-state index in [2.05, 4.69) is 11.4 Å². The quantitative estimate of drug-likeness (QED) is 0.354. The van der Waals surface area contributed by atoms with Crippen LogP contribution in [0.1, 0.15) is 22.4 Å². The molecule has 5 nitrogen and oxygen atoms in total. The van der Waals surface area contributed by atoms with Crippen molar-refractivity contribution in [3.05, 3.63) is 82.0 Å². The number of benzene rings is 2. The Morgan fingerprint density at radius 2 is 1.87 bits per heavy atom. The smallest absolute Gasteiger partial charge is 0.266 e. The molecule has 0 aliphatic carbocycles. The summed E-state index contributed by atoms with van der Waals surface area (Å²) < 4.78 is 1.90. The predicted octanol–water partition coefficient (Wildman–Crippen LogP) is 5.53. The monoisotopic (exact) mass is 412 g/mol. The molecule has 1 N–H and O–H groups in total. The van der Waals surface area contributed by atoms with Crippen LogP contribution < -0.4 is 5.32 Å². The van der Waals surface area contributed by atoms with E-state index in [1.807, 2.05) is 79.2 Å². The van der Waals surface area contributed by atoms with Gasteiger partial charge in [0.15, 0.2) is 4.96 Å². The van der Waals surface area contributed by atoms with Gasteiger partial charge in [0.25, 0.3) is 5.91 Å². The molecule has 0 fully saturated rings. The van der Waals surface area contributed by atoms with Gasteiger partial charge in [-0.3, -0.25) is 9.20 Å². The van der Waals surface area contributed by atoms with Crippen LogP contribution in [0.4, 0.5) is 5.69 Å². The summed E-state index contributed by atoms with van der Waals surface area (Å²) in [6, 6.07) is 15.8. The average Bonchev–Trinajstić information content (AvgIpc) is 3.31. The third kappa shape index (κ3) is 3.63. The molecule has 0 aliphatic rings. The number of anilines is 1. The molecule has 0 radical (unpaired) electrons. The van der Waals surface area contributed by atoms with E-state index < -0.39 is 5.91 Å². The lowest BCUT2D eigenvalue weighted by Crippen LogP contribution is -2.15. The summed E-state index contributed by atoms with van der Waals surface area (Å²) in [5.74, 6) is -0.434. The van der Waals surface area contributed by atoms with Crippen LogP contribution in [0.5, 0.6) is 0 Å². The first-order valence-corrected chi connectivity index (χ1v) is 10.4. The fourth-order valence-electron chi connectivity index (χ4n) is 3.59. The molecule has 0 atom stereocenters. The molecule has 148 valence electrons. The molecule has 4 aromatic rings. The SMILES string of the molecule is Cc1cc(C)c(NC(=O)/C(C#N)=C/c2c(-c3ccccc3)nc3sccn23)c(C)c1. The maximum absolute atomic E-state index is 13.0. The van der Waals surface area contributed by atoms with E-state index in [-0.39, 0.29) is 5.57 Å². The van der Waals surface area contributed by atoms with Crippen molar-refractivity contribution in [2.24, 2.45) is 0 Å². The summed E-state index contributed by atoms with van der Waals surface area (Å²) in [4.78, 5) is 18.5. The molecule has 2 aromatic heterocycles. The lowest BCUT2D eigenvalue weighted by Gasteiger charge is -2.12. The zero-order valence-electron chi connectivity index (χ0n) is 16.9. The minimum absolute atomic E-state index is 0.0274. The maximum atomic E-state index is 13.0. The van der Waals surface area contributed by atoms with Crippen LogP contribution in [0.25, 0.3) is 22.3 Å². The number of imidazole rings is 1. The number of carbonyl (C=O) groups is 1. The zero-order valence-corrected chi connectivity index (χ0v) is 17.7. The highest BCUT2D eigenvalue weighted by atomic mass is 32.1. The van der Waals surface area contributed by atoms with Gasteiger partial charge in [-0.1, -0.05) is 48.0 Å². The van der Waals surface area contributed by atoms with Crippen molar-refractivity contribution in [3.63, 3.8) is 0 Å². The van der Waals surface area contributed by atoms with E-state index in [4.69, 9.17) is 4.98 Å². The van der Waals surface area contributed by atoms with Crippen molar-refractivity contribution in [2.75, 3.05) is 5.32 Å². The number of hydrogen-bond donors (Lipinski definition) is 1. The van der Waals surface area contributed by atoms with Crippen LogP contribution in [0.2, 0.25) is 0 Å². The number of amides is 1. The average molecular weight is 413 g/mol. The van der Waals surface area contributed by atoms with E-state index in [1.54, 1.807) is 6.08 Å². The summed E-state index contributed by atoms with van der Waals surface area (Å²) in [6.45, 7) is 5.92. The first-order chi connectivity index (χ1) is 14.5. The van der Waals surface area contributed by atoms with Gasteiger partial charge in [-0.15, -0.1) is 11.3 Å². The summed E-state index contributed by atoms with van der Waals surface area (Å²) in [6.07, 6.45) is 3.51. The first kappa shape index (κ1) is 19.6. The number of fused-ring (bicyclic) bond motifs is 1. The van der Waals surface area contributed by atoms with E-state index in [9.17, 15) is 10.1 Å². The summed E-state index contributed by atoms with van der Waals surface area (Å²) in [5, 5.41) is 14.6. The van der Waals surface area contributed by atoms with Gasteiger partial charge in [-0.05, 0) is 38.0 Å². The number of rotatable bonds is 4. The Balaban J connectivity index is 1.77. The molecule has 0 unspecified atom stereocenters. The third-order valence-corrected chi connectivity index (χ3v) is 5.66. The number of thiazole rings is 1. The summed E-state index contributed by atoms with van der Waals surface area (Å²) in [5.41, 5.74) is 6.21. The van der Waals surface area contributed by atoms with Crippen molar-refractivity contribution in [3.8, 4) is 17.3 Å². The maximum Gasteiger partial charge on any atom is 0.266 e. The zero-order chi connectivity index (χ0) is 21.3. The van der Waals surface area contributed by atoms with Gasteiger partial charge in [0.05, 0.1) is 11.4 Å². The van der Waals surface area contributed by atoms with E-state index in [1.165, 1.54) is 11.3 Å². The second kappa shape index (κ2) is 7.97. The van der Waals surface area contributed by atoms with Crippen LogP contribution in [0.15, 0.2) is 59.6 Å². The van der Waals surface area contributed by atoms with Gasteiger partial charge in [0.2, 0.25) is 0 Å². The number of nitrogens with one attached hydrogen (secondary N) is 1. The molecule has 0 spiro atoms.